The van der Waals surface area contributed by atoms with Crippen molar-refractivity contribution in [1.29, 1.82) is 5.41 Å². The number of hydrogen-bond acceptors (Lipinski definition) is 9. The number of amidine groups is 1. The normalized spacial score (nSPS) is 18.0. The molecule has 3 aromatic heterocycles. The second-order valence-electron chi connectivity index (χ2n) is 10.6. The van der Waals surface area contributed by atoms with Gasteiger partial charge in [-0.05, 0) is 32.9 Å². The molecule has 2 fully saturated rings. The van der Waals surface area contributed by atoms with Gasteiger partial charge < -0.3 is 19.8 Å². The van der Waals surface area contributed by atoms with Crippen LogP contribution in [0.4, 0.5) is 5.82 Å². The van der Waals surface area contributed by atoms with Gasteiger partial charge in [0, 0.05) is 45.3 Å². The minimum Gasteiger partial charge on any atom is -0.454 e. The lowest BCUT2D eigenvalue weighted by atomic mass is 10.0. The molecule has 0 saturated carbocycles. The smallest absolute Gasteiger partial charge is 0.238 e. The molecule has 2 aliphatic rings. The van der Waals surface area contributed by atoms with Crippen molar-refractivity contribution in [2.24, 2.45) is 5.73 Å². The summed E-state index contributed by atoms with van der Waals surface area (Å²) in [5, 5.41) is 7.93. The van der Waals surface area contributed by atoms with E-state index < -0.39 is 5.54 Å². The van der Waals surface area contributed by atoms with Gasteiger partial charge in [-0.3, -0.25) is 19.8 Å². The highest BCUT2D eigenvalue weighted by atomic mass is 16.5. The molecule has 0 amide bonds. The molecule has 38 heavy (non-hydrogen) atoms. The van der Waals surface area contributed by atoms with E-state index >= 15 is 0 Å². The van der Waals surface area contributed by atoms with Gasteiger partial charge in [0.2, 0.25) is 5.95 Å². The number of furan rings is 1. The highest BCUT2D eigenvalue weighted by molar-refractivity contribution is 5.87. The third kappa shape index (κ3) is 4.40. The topological polar surface area (TPSA) is 126 Å². The molecule has 1 aromatic carbocycles. The molecule has 0 aliphatic carbocycles. The Bertz CT molecular complexity index is 1480. The number of nitrogens with one attached hydrogen (secondary N) is 1. The third-order valence-corrected chi connectivity index (χ3v) is 7.83. The Balaban J connectivity index is 1.33. The number of aryl methyl sites for hydroxylation is 1. The lowest BCUT2D eigenvalue weighted by Crippen LogP contribution is -2.59. The predicted molar refractivity (Wildman–Crippen MR) is 147 cm³/mol. The largest absolute Gasteiger partial charge is 0.454 e. The number of piperazine rings is 1. The van der Waals surface area contributed by atoms with Crippen molar-refractivity contribution in [3.63, 3.8) is 0 Å². The minimum absolute atomic E-state index is 0.203. The van der Waals surface area contributed by atoms with Crippen molar-refractivity contribution in [2.45, 2.75) is 32.9 Å². The Kier molecular flexibility index (Phi) is 6.29. The number of nitrogens with two attached hydrogens (primary N) is 1. The number of fused-ring (bicyclic) bond motifs is 2. The van der Waals surface area contributed by atoms with Crippen molar-refractivity contribution in [3.05, 3.63) is 41.9 Å². The van der Waals surface area contributed by atoms with Gasteiger partial charge in [0.05, 0.1) is 36.3 Å². The van der Waals surface area contributed by atoms with Crippen LogP contribution in [0.1, 0.15) is 25.4 Å². The van der Waals surface area contributed by atoms with E-state index in [2.05, 4.69) is 14.7 Å². The van der Waals surface area contributed by atoms with Crippen LogP contribution in [0.3, 0.4) is 0 Å². The van der Waals surface area contributed by atoms with Crippen molar-refractivity contribution in [1.82, 2.24) is 29.3 Å². The molecule has 4 aromatic rings. The number of anilines is 1. The molecule has 200 valence electrons. The number of hydrogen-bond donors (Lipinski definition) is 2. The van der Waals surface area contributed by atoms with Crippen molar-refractivity contribution >= 4 is 33.8 Å². The van der Waals surface area contributed by atoms with Gasteiger partial charge in [0.1, 0.15) is 22.9 Å². The maximum absolute atomic E-state index is 7.93. The fourth-order valence-corrected chi connectivity index (χ4v) is 5.37. The summed E-state index contributed by atoms with van der Waals surface area (Å²) in [6.45, 7) is 13.0. The molecule has 5 heterocycles. The average molecular weight is 518 g/mol. The first-order chi connectivity index (χ1) is 18.3. The number of imidazole rings is 1. The number of benzene rings is 1. The van der Waals surface area contributed by atoms with Gasteiger partial charge in [-0.1, -0.05) is 12.1 Å². The third-order valence-electron chi connectivity index (χ3n) is 7.83. The zero-order chi connectivity index (χ0) is 26.4. The van der Waals surface area contributed by atoms with E-state index in [-0.39, 0.29) is 5.84 Å². The van der Waals surface area contributed by atoms with E-state index in [9.17, 15) is 0 Å². The van der Waals surface area contributed by atoms with Crippen molar-refractivity contribution in [2.75, 3.05) is 57.4 Å². The Hall–Kier alpha value is -3.54. The fourth-order valence-electron chi connectivity index (χ4n) is 5.37. The van der Waals surface area contributed by atoms with Gasteiger partial charge in [0.15, 0.2) is 11.4 Å². The second-order valence-corrected chi connectivity index (χ2v) is 10.6. The zero-order valence-electron chi connectivity index (χ0n) is 22.3. The number of aromatic nitrogens is 4. The molecule has 2 aliphatic heterocycles. The van der Waals surface area contributed by atoms with Crippen LogP contribution >= 0.6 is 0 Å². The van der Waals surface area contributed by atoms with Crippen LogP contribution in [0.15, 0.2) is 34.7 Å². The summed E-state index contributed by atoms with van der Waals surface area (Å²) in [4.78, 5) is 21.6. The SMILES string of the molecule is Cc1nc2ccccc2n1-c1nc(N2CCOCC2)c2oc(CN3CCN(C(C)(C)C(=N)N)CC3)cc2n1. The lowest BCUT2D eigenvalue weighted by Gasteiger charge is -2.43. The molecule has 0 spiro atoms. The van der Waals surface area contributed by atoms with Crippen LogP contribution in [0.25, 0.3) is 28.1 Å². The highest BCUT2D eigenvalue weighted by Gasteiger charge is 2.33. The fraction of sp³-hybridized carbons (Fsp3) is 0.481. The Morgan fingerprint density at radius 3 is 2.47 bits per heavy atom. The van der Waals surface area contributed by atoms with Crippen LogP contribution in [-0.2, 0) is 11.3 Å². The Labute approximate surface area is 221 Å². The number of nitrogens with zero attached hydrogens (tertiary/aromatic N) is 7. The standard InChI is InChI=1S/C27H35N9O2/c1-18-30-20-6-4-5-7-22(20)36(18)26-31-21-16-19(38-23(21)24(32-26)34-12-14-37-15-13-34)17-33-8-10-35(11-9-33)27(2,3)25(28)29/h4-7,16H,8-15,17H2,1-3H3,(H3,28,29). The molecular formula is C27H35N9O2. The van der Waals surface area contributed by atoms with Gasteiger partial charge in [-0.25, -0.2) is 9.97 Å². The molecule has 3 N–H and O–H groups in total. The predicted octanol–water partition coefficient (Wildman–Crippen LogP) is 2.54. The molecule has 11 heteroatoms. The van der Waals surface area contributed by atoms with E-state index in [0.717, 1.165) is 73.2 Å². The molecule has 2 saturated heterocycles. The summed E-state index contributed by atoms with van der Waals surface area (Å²) in [5.74, 6) is 3.30. The maximum Gasteiger partial charge on any atom is 0.238 e. The van der Waals surface area contributed by atoms with Crippen LogP contribution in [-0.4, -0.2) is 93.2 Å². The van der Waals surface area contributed by atoms with Gasteiger partial charge >= 0.3 is 0 Å². The second kappa shape index (κ2) is 9.64. The summed E-state index contributed by atoms with van der Waals surface area (Å²) in [6.07, 6.45) is 0. The van der Waals surface area contributed by atoms with Crippen LogP contribution in [0, 0.1) is 12.3 Å². The molecule has 0 bridgehead atoms. The summed E-state index contributed by atoms with van der Waals surface area (Å²) in [6, 6.07) is 10.1. The average Bonchev–Trinajstić information content (AvgIpc) is 3.48. The summed E-state index contributed by atoms with van der Waals surface area (Å²) >= 11 is 0. The maximum atomic E-state index is 7.93. The van der Waals surface area contributed by atoms with Crippen LogP contribution in [0.2, 0.25) is 0 Å². The zero-order valence-corrected chi connectivity index (χ0v) is 22.3. The first-order valence-corrected chi connectivity index (χ1v) is 13.2. The van der Waals surface area contributed by atoms with Crippen molar-refractivity contribution in [3.8, 4) is 5.95 Å². The summed E-state index contributed by atoms with van der Waals surface area (Å²) < 4.78 is 14.1. The van der Waals surface area contributed by atoms with Gasteiger partial charge in [0.25, 0.3) is 0 Å². The van der Waals surface area contributed by atoms with E-state index in [1.54, 1.807) is 0 Å². The lowest BCUT2D eigenvalue weighted by molar-refractivity contribution is 0.0773. The molecule has 0 radical (unpaired) electrons. The van der Waals surface area contributed by atoms with E-state index in [1.165, 1.54) is 0 Å². The molecule has 0 unspecified atom stereocenters. The minimum atomic E-state index is -0.430. The van der Waals surface area contributed by atoms with E-state index in [1.807, 2.05) is 55.7 Å². The van der Waals surface area contributed by atoms with E-state index in [0.29, 0.717) is 31.3 Å². The molecule has 11 nitrogen and oxygen atoms in total. The monoisotopic (exact) mass is 517 g/mol. The summed E-state index contributed by atoms with van der Waals surface area (Å²) in [5.41, 5.74) is 8.82. The first kappa shape index (κ1) is 24.8. The number of morpholine rings is 1. The Morgan fingerprint density at radius 2 is 1.74 bits per heavy atom. The van der Waals surface area contributed by atoms with Gasteiger partial charge in [-0.2, -0.15) is 4.98 Å². The van der Waals surface area contributed by atoms with Gasteiger partial charge in [-0.15, -0.1) is 0 Å². The first-order valence-electron chi connectivity index (χ1n) is 13.2. The molecular weight excluding hydrogens is 482 g/mol. The quantitative estimate of drug-likeness (QED) is 0.293. The van der Waals surface area contributed by atoms with Crippen molar-refractivity contribution < 1.29 is 9.15 Å². The summed E-state index contributed by atoms with van der Waals surface area (Å²) in [7, 11) is 0. The van der Waals surface area contributed by atoms with Crippen LogP contribution in [0.5, 0.6) is 0 Å². The van der Waals surface area contributed by atoms with Crippen LogP contribution < -0.4 is 10.6 Å². The molecule has 6 rings (SSSR count). The number of para-hydroxylation sites is 2. The number of rotatable bonds is 6. The highest BCUT2D eigenvalue weighted by Crippen LogP contribution is 2.31. The Morgan fingerprint density at radius 1 is 1.00 bits per heavy atom. The molecule has 0 atom stereocenters. The number of ether oxygens (including phenoxy) is 1. The van der Waals surface area contributed by atoms with E-state index in [4.69, 9.17) is 35.2 Å².